The Kier molecular flexibility index (Phi) is 5.40. The van der Waals surface area contributed by atoms with Crippen molar-refractivity contribution < 1.29 is 8.78 Å². The van der Waals surface area contributed by atoms with E-state index in [9.17, 15) is 8.78 Å². The van der Waals surface area contributed by atoms with Crippen LogP contribution in [0, 0.1) is 24.5 Å². The van der Waals surface area contributed by atoms with Gasteiger partial charge in [-0.1, -0.05) is 38.4 Å². The molecule has 0 amide bonds. The molecule has 2 nitrogen and oxygen atoms in total. The lowest BCUT2D eigenvalue weighted by Crippen LogP contribution is -2.08. The topological polar surface area (TPSA) is 25.8 Å². The number of thioether (sulfide) groups is 1. The minimum atomic E-state index is -0.659. The first-order valence-corrected chi connectivity index (χ1v) is 8.22. The lowest BCUT2D eigenvalue weighted by atomic mass is 10.1. The fraction of sp³-hybridized carbons (Fsp3) is 0.375. The number of aromatic nitrogens is 2. The molecule has 1 atom stereocenters. The molecule has 1 aromatic heterocycles. The minimum Gasteiger partial charge on any atom is -0.206 e. The SMILES string of the molecule is Cc1nnc(Cl)c(-c2c(F)cccc2F)c1SC(C)C(C)C. The van der Waals surface area contributed by atoms with Gasteiger partial charge in [-0.15, -0.1) is 16.9 Å². The summed E-state index contributed by atoms with van der Waals surface area (Å²) >= 11 is 7.63. The third kappa shape index (κ3) is 3.41. The van der Waals surface area contributed by atoms with Crippen molar-refractivity contribution in [2.75, 3.05) is 0 Å². The maximum absolute atomic E-state index is 14.2. The normalized spacial score (nSPS) is 12.7. The highest BCUT2D eigenvalue weighted by atomic mass is 35.5. The van der Waals surface area contributed by atoms with Gasteiger partial charge in [0.1, 0.15) is 11.6 Å². The molecule has 0 spiro atoms. The Labute approximate surface area is 138 Å². The van der Waals surface area contributed by atoms with Gasteiger partial charge in [0.05, 0.1) is 11.3 Å². The number of hydrogen-bond donors (Lipinski definition) is 0. The summed E-state index contributed by atoms with van der Waals surface area (Å²) in [6, 6.07) is 3.75. The van der Waals surface area contributed by atoms with E-state index in [4.69, 9.17) is 11.6 Å². The van der Waals surface area contributed by atoms with Crippen LogP contribution in [0.2, 0.25) is 5.15 Å². The zero-order valence-corrected chi connectivity index (χ0v) is 14.4. The standard InChI is InChI=1S/C16H17ClF2N2S/c1-8(2)10(4)22-15-9(3)20-21-16(17)14(15)13-11(18)6-5-7-12(13)19/h5-8,10H,1-4H3. The summed E-state index contributed by atoms with van der Waals surface area (Å²) in [5, 5.41) is 8.06. The van der Waals surface area contributed by atoms with Crippen LogP contribution >= 0.6 is 23.4 Å². The molecule has 0 aliphatic heterocycles. The van der Waals surface area contributed by atoms with E-state index in [1.54, 1.807) is 6.92 Å². The van der Waals surface area contributed by atoms with E-state index in [0.717, 1.165) is 0 Å². The molecule has 0 aliphatic carbocycles. The van der Waals surface area contributed by atoms with Crippen LogP contribution < -0.4 is 0 Å². The lowest BCUT2D eigenvalue weighted by Gasteiger charge is -2.19. The van der Waals surface area contributed by atoms with Gasteiger partial charge in [-0.3, -0.25) is 0 Å². The van der Waals surface area contributed by atoms with Gasteiger partial charge in [0, 0.05) is 15.7 Å². The van der Waals surface area contributed by atoms with E-state index in [1.165, 1.54) is 30.0 Å². The molecule has 118 valence electrons. The first-order chi connectivity index (χ1) is 10.3. The molecular weight excluding hydrogens is 326 g/mol. The second kappa shape index (κ2) is 6.92. The van der Waals surface area contributed by atoms with Gasteiger partial charge in [0.25, 0.3) is 0 Å². The molecule has 2 rings (SSSR count). The number of nitrogens with zero attached hydrogens (tertiary/aromatic N) is 2. The summed E-state index contributed by atoms with van der Waals surface area (Å²) in [5.41, 5.74) is 0.741. The van der Waals surface area contributed by atoms with E-state index in [-0.39, 0.29) is 21.5 Å². The van der Waals surface area contributed by atoms with Crippen LogP contribution in [0.3, 0.4) is 0 Å². The van der Waals surface area contributed by atoms with Crippen molar-refractivity contribution in [2.24, 2.45) is 5.92 Å². The highest BCUT2D eigenvalue weighted by Gasteiger charge is 2.23. The highest BCUT2D eigenvalue weighted by molar-refractivity contribution is 8.00. The Bertz CT molecular complexity index is 672. The summed E-state index contributed by atoms with van der Waals surface area (Å²) in [6.45, 7) is 8.00. The lowest BCUT2D eigenvalue weighted by molar-refractivity contribution is 0.588. The Balaban J connectivity index is 2.67. The van der Waals surface area contributed by atoms with E-state index >= 15 is 0 Å². The third-order valence-electron chi connectivity index (χ3n) is 3.51. The van der Waals surface area contributed by atoms with Gasteiger partial charge in [-0.2, -0.15) is 5.10 Å². The zero-order valence-electron chi connectivity index (χ0n) is 12.8. The molecular formula is C16H17ClF2N2S. The smallest absolute Gasteiger partial charge is 0.160 e. The first kappa shape index (κ1) is 17.2. The van der Waals surface area contributed by atoms with E-state index in [2.05, 4.69) is 31.0 Å². The molecule has 0 radical (unpaired) electrons. The molecule has 6 heteroatoms. The number of hydrogen-bond acceptors (Lipinski definition) is 3. The van der Waals surface area contributed by atoms with Crippen LogP contribution in [0.4, 0.5) is 8.78 Å². The van der Waals surface area contributed by atoms with Crippen LogP contribution in [-0.2, 0) is 0 Å². The van der Waals surface area contributed by atoms with E-state index in [1.807, 2.05) is 0 Å². The predicted octanol–water partition coefficient (Wildman–Crippen LogP) is 5.52. The third-order valence-corrected chi connectivity index (χ3v) is 5.42. The predicted molar refractivity (Wildman–Crippen MR) is 87.3 cm³/mol. The molecule has 1 unspecified atom stereocenters. The fourth-order valence-corrected chi connectivity index (χ4v) is 3.36. The Morgan fingerprint density at radius 3 is 2.18 bits per heavy atom. The fourth-order valence-electron chi connectivity index (χ4n) is 1.91. The molecule has 2 aromatic rings. The molecule has 0 saturated heterocycles. The van der Waals surface area contributed by atoms with E-state index < -0.39 is 11.6 Å². The van der Waals surface area contributed by atoms with Crippen molar-refractivity contribution in [3.63, 3.8) is 0 Å². The van der Waals surface area contributed by atoms with Gasteiger partial charge < -0.3 is 0 Å². The van der Waals surface area contributed by atoms with Crippen molar-refractivity contribution in [1.82, 2.24) is 10.2 Å². The number of halogens is 3. The summed E-state index contributed by atoms with van der Waals surface area (Å²) in [6.07, 6.45) is 0. The Morgan fingerprint density at radius 1 is 1.05 bits per heavy atom. The van der Waals surface area contributed by atoms with Gasteiger partial charge in [-0.05, 0) is 25.0 Å². The molecule has 0 bridgehead atoms. The van der Waals surface area contributed by atoms with Crippen molar-refractivity contribution >= 4 is 23.4 Å². The quantitative estimate of drug-likeness (QED) is 0.684. The van der Waals surface area contributed by atoms with Crippen LogP contribution in [0.5, 0.6) is 0 Å². The second-order valence-electron chi connectivity index (χ2n) is 5.44. The van der Waals surface area contributed by atoms with Crippen molar-refractivity contribution in [3.05, 3.63) is 40.7 Å². The van der Waals surface area contributed by atoms with Gasteiger partial charge in [0.15, 0.2) is 5.15 Å². The average Bonchev–Trinajstić information content (AvgIpc) is 2.45. The Hall–Kier alpha value is -1.20. The van der Waals surface area contributed by atoms with Crippen molar-refractivity contribution in [2.45, 2.75) is 37.8 Å². The summed E-state index contributed by atoms with van der Waals surface area (Å²) in [5.74, 6) is -0.920. The molecule has 1 aromatic carbocycles. The zero-order chi connectivity index (χ0) is 16.4. The summed E-state index contributed by atoms with van der Waals surface area (Å²) in [7, 11) is 0. The molecule has 1 heterocycles. The number of aryl methyl sites for hydroxylation is 1. The van der Waals surface area contributed by atoms with Gasteiger partial charge in [0.2, 0.25) is 0 Å². The highest BCUT2D eigenvalue weighted by Crippen LogP contribution is 2.42. The van der Waals surface area contributed by atoms with Crippen molar-refractivity contribution in [1.29, 1.82) is 0 Å². The monoisotopic (exact) mass is 342 g/mol. The first-order valence-electron chi connectivity index (χ1n) is 6.96. The van der Waals surface area contributed by atoms with Crippen LogP contribution in [0.1, 0.15) is 26.5 Å². The van der Waals surface area contributed by atoms with Gasteiger partial charge >= 0.3 is 0 Å². The van der Waals surface area contributed by atoms with E-state index in [0.29, 0.717) is 16.5 Å². The maximum atomic E-state index is 14.2. The second-order valence-corrected chi connectivity index (χ2v) is 7.19. The molecule has 0 saturated carbocycles. The summed E-state index contributed by atoms with van der Waals surface area (Å²) in [4.78, 5) is 0.671. The largest absolute Gasteiger partial charge is 0.206 e. The minimum absolute atomic E-state index is 0.00746. The number of rotatable bonds is 4. The molecule has 0 aliphatic rings. The van der Waals surface area contributed by atoms with Crippen LogP contribution in [0.25, 0.3) is 11.1 Å². The maximum Gasteiger partial charge on any atom is 0.160 e. The average molecular weight is 343 g/mol. The number of benzene rings is 1. The van der Waals surface area contributed by atoms with Gasteiger partial charge in [-0.25, -0.2) is 8.78 Å². The van der Waals surface area contributed by atoms with Crippen LogP contribution in [-0.4, -0.2) is 15.4 Å². The molecule has 0 N–H and O–H groups in total. The molecule has 0 fully saturated rings. The summed E-state index contributed by atoms with van der Waals surface area (Å²) < 4.78 is 28.3. The Morgan fingerprint density at radius 2 is 1.64 bits per heavy atom. The molecule has 22 heavy (non-hydrogen) atoms. The van der Waals surface area contributed by atoms with Crippen LogP contribution in [0.15, 0.2) is 23.1 Å². The van der Waals surface area contributed by atoms with Crippen molar-refractivity contribution in [3.8, 4) is 11.1 Å².